The Labute approximate surface area is 126 Å². The van der Waals surface area contributed by atoms with E-state index in [4.69, 9.17) is 5.73 Å². The summed E-state index contributed by atoms with van der Waals surface area (Å²) < 4.78 is 27.8. The van der Waals surface area contributed by atoms with Crippen LogP contribution in [-0.2, 0) is 10.0 Å². The number of benzene rings is 2. The van der Waals surface area contributed by atoms with Crippen molar-refractivity contribution in [2.24, 2.45) is 11.1 Å². The van der Waals surface area contributed by atoms with E-state index >= 15 is 0 Å². The van der Waals surface area contributed by atoms with Crippen molar-refractivity contribution in [3.63, 3.8) is 0 Å². The molecular weight excluding hydrogens is 284 g/mol. The van der Waals surface area contributed by atoms with Crippen LogP contribution in [0.2, 0.25) is 0 Å². The monoisotopic (exact) mass is 306 g/mol. The van der Waals surface area contributed by atoms with E-state index < -0.39 is 10.0 Å². The van der Waals surface area contributed by atoms with Crippen molar-refractivity contribution in [1.82, 2.24) is 4.72 Å². The molecule has 0 bridgehead atoms. The van der Waals surface area contributed by atoms with E-state index in [9.17, 15) is 8.42 Å². The van der Waals surface area contributed by atoms with Gasteiger partial charge in [-0.15, -0.1) is 0 Å². The zero-order valence-electron chi connectivity index (χ0n) is 12.5. The molecule has 0 atom stereocenters. The normalized spacial score (nSPS) is 12.7. The lowest BCUT2D eigenvalue weighted by atomic mass is 9.90. The quantitative estimate of drug-likeness (QED) is 0.861. The minimum Gasteiger partial charge on any atom is -0.330 e. The predicted molar refractivity (Wildman–Crippen MR) is 86.6 cm³/mol. The zero-order valence-corrected chi connectivity index (χ0v) is 13.3. The molecule has 21 heavy (non-hydrogen) atoms. The van der Waals surface area contributed by atoms with Crippen molar-refractivity contribution in [2.45, 2.75) is 25.2 Å². The maximum Gasteiger partial charge on any atom is 0.241 e. The van der Waals surface area contributed by atoms with Gasteiger partial charge in [0.05, 0.1) is 4.90 Å². The minimum absolute atomic E-state index is 0.160. The number of sulfonamides is 1. The lowest BCUT2D eigenvalue weighted by molar-refractivity contribution is 0.340. The van der Waals surface area contributed by atoms with E-state index in [1.807, 2.05) is 44.2 Å². The molecule has 0 unspecified atom stereocenters. The van der Waals surface area contributed by atoms with Gasteiger partial charge < -0.3 is 5.73 Å². The van der Waals surface area contributed by atoms with Crippen LogP contribution in [0.5, 0.6) is 0 Å². The van der Waals surface area contributed by atoms with Crippen molar-refractivity contribution in [3.05, 3.63) is 42.5 Å². The Bertz CT molecular complexity index is 719. The number of hydrogen-bond acceptors (Lipinski definition) is 3. The topological polar surface area (TPSA) is 72.2 Å². The molecule has 2 aromatic carbocycles. The van der Waals surface area contributed by atoms with Gasteiger partial charge in [0.25, 0.3) is 0 Å². The van der Waals surface area contributed by atoms with Crippen LogP contribution in [-0.4, -0.2) is 21.5 Å². The first-order valence-electron chi connectivity index (χ1n) is 7.03. The fraction of sp³-hybridized carbons (Fsp3) is 0.375. The summed E-state index contributed by atoms with van der Waals surface area (Å²) in [5.41, 5.74) is 5.40. The molecule has 0 spiro atoms. The summed E-state index contributed by atoms with van der Waals surface area (Å²) in [6.07, 6.45) is 0.769. The molecule has 0 aliphatic heterocycles. The van der Waals surface area contributed by atoms with Crippen LogP contribution in [0, 0.1) is 5.41 Å². The van der Waals surface area contributed by atoms with Crippen molar-refractivity contribution in [1.29, 1.82) is 0 Å². The lowest BCUT2D eigenvalue weighted by Gasteiger charge is -2.24. The number of fused-ring (bicyclic) bond motifs is 1. The highest BCUT2D eigenvalue weighted by atomic mass is 32.2. The second-order valence-electron chi connectivity index (χ2n) is 6.00. The predicted octanol–water partition coefficient (Wildman–Crippen LogP) is 2.49. The van der Waals surface area contributed by atoms with Gasteiger partial charge in [-0.3, -0.25) is 0 Å². The molecule has 0 aromatic heterocycles. The molecule has 114 valence electrons. The molecule has 0 aliphatic rings. The molecule has 0 aliphatic carbocycles. The second-order valence-corrected chi connectivity index (χ2v) is 7.74. The van der Waals surface area contributed by atoms with Gasteiger partial charge in [0.15, 0.2) is 0 Å². The second kappa shape index (κ2) is 6.13. The largest absolute Gasteiger partial charge is 0.330 e. The van der Waals surface area contributed by atoms with E-state index in [-0.39, 0.29) is 5.41 Å². The SMILES string of the molecule is CC(C)(CCN)CNS(=O)(=O)c1cccc2ccccc12. The van der Waals surface area contributed by atoms with E-state index in [1.54, 1.807) is 12.1 Å². The van der Waals surface area contributed by atoms with Crippen LogP contribution in [0.3, 0.4) is 0 Å². The average Bonchev–Trinajstić information content (AvgIpc) is 2.45. The molecule has 3 N–H and O–H groups in total. The van der Waals surface area contributed by atoms with Crippen LogP contribution in [0.4, 0.5) is 0 Å². The standard InChI is InChI=1S/C16H22N2O2S/c1-16(2,10-11-17)12-18-21(19,20)15-9-5-7-13-6-3-4-8-14(13)15/h3-9,18H,10-12,17H2,1-2H3. The summed E-state index contributed by atoms with van der Waals surface area (Å²) in [5.74, 6) is 0. The molecular formula is C16H22N2O2S. The van der Waals surface area contributed by atoms with Gasteiger partial charge in [-0.25, -0.2) is 13.1 Å². The number of nitrogens with two attached hydrogens (primary N) is 1. The van der Waals surface area contributed by atoms with Gasteiger partial charge in [0.2, 0.25) is 10.0 Å². The van der Waals surface area contributed by atoms with Crippen LogP contribution in [0.15, 0.2) is 47.4 Å². The lowest BCUT2D eigenvalue weighted by Crippen LogP contribution is -2.35. The van der Waals surface area contributed by atoms with Crippen molar-refractivity contribution < 1.29 is 8.42 Å². The summed E-state index contributed by atoms with van der Waals surface area (Å²) in [6, 6.07) is 12.8. The van der Waals surface area contributed by atoms with E-state index in [2.05, 4.69) is 4.72 Å². The van der Waals surface area contributed by atoms with Gasteiger partial charge in [0, 0.05) is 11.9 Å². The highest BCUT2D eigenvalue weighted by Gasteiger charge is 2.22. The summed E-state index contributed by atoms with van der Waals surface area (Å²) in [6.45, 7) is 4.93. The third-order valence-corrected chi connectivity index (χ3v) is 5.06. The van der Waals surface area contributed by atoms with Crippen LogP contribution in [0.25, 0.3) is 10.8 Å². The summed E-state index contributed by atoms with van der Waals surface area (Å²) >= 11 is 0. The maximum absolute atomic E-state index is 12.6. The molecule has 0 amide bonds. The summed E-state index contributed by atoms with van der Waals surface area (Å²) in [7, 11) is -3.53. The third kappa shape index (κ3) is 3.81. The Hall–Kier alpha value is -1.43. The molecule has 2 rings (SSSR count). The number of hydrogen-bond donors (Lipinski definition) is 2. The van der Waals surface area contributed by atoms with Crippen molar-refractivity contribution in [3.8, 4) is 0 Å². The fourth-order valence-electron chi connectivity index (χ4n) is 2.28. The average molecular weight is 306 g/mol. The molecule has 4 nitrogen and oxygen atoms in total. The van der Waals surface area contributed by atoms with E-state index in [1.165, 1.54) is 0 Å². The Balaban J connectivity index is 2.30. The third-order valence-electron chi connectivity index (χ3n) is 3.60. The van der Waals surface area contributed by atoms with Crippen LogP contribution < -0.4 is 10.5 Å². The van der Waals surface area contributed by atoms with Gasteiger partial charge in [-0.2, -0.15) is 0 Å². The molecule has 0 fully saturated rings. The van der Waals surface area contributed by atoms with Crippen molar-refractivity contribution >= 4 is 20.8 Å². The van der Waals surface area contributed by atoms with Crippen LogP contribution >= 0.6 is 0 Å². The Morgan fingerprint density at radius 2 is 1.76 bits per heavy atom. The maximum atomic E-state index is 12.6. The Kier molecular flexibility index (Phi) is 4.66. The molecule has 0 saturated heterocycles. The molecule has 5 heteroatoms. The highest BCUT2D eigenvalue weighted by molar-refractivity contribution is 7.89. The molecule has 0 heterocycles. The molecule has 2 aromatic rings. The minimum atomic E-state index is -3.53. The van der Waals surface area contributed by atoms with Gasteiger partial charge >= 0.3 is 0 Å². The Morgan fingerprint density at radius 1 is 1.10 bits per heavy atom. The zero-order chi connectivity index (χ0) is 15.5. The summed E-state index contributed by atoms with van der Waals surface area (Å²) in [5, 5.41) is 1.66. The van der Waals surface area contributed by atoms with Gasteiger partial charge in [-0.05, 0) is 29.8 Å². The van der Waals surface area contributed by atoms with Gasteiger partial charge in [0.1, 0.15) is 0 Å². The summed E-state index contributed by atoms with van der Waals surface area (Å²) in [4.78, 5) is 0.323. The van der Waals surface area contributed by atoms with Gasteiger partial charge in [-0.1, -0.05) is 50.2 Å². The van der Waals surface area contributed by atoms with E-state index in [0.29, 0.717) is 18.0 Å². The van der Waals surface area contributed by atoms with E-state index in [0.717, 1.165) is 17.2 Å². The first kappa shape index (κ1) is 15.9. The molecule has 0 saturated carbocycles. The first-order chi connectivity index (χ1) is 9.86. The smallest absolute Gasteiger partial charge is 0.241 e. The Morgan fingerprint density at radius 3 is 2.48 bits per heavy atom. The number of rotatable bonds is 6. The van der Waals surface area contributed by atoms with Crippen molar-refractivity contribution in [2.75, 3.05) is 13.1 Å². The number of nitrogens with one attached hydrogen (secondary N) is 1. The highest BCUT2D eigenvalue weighted by Crippen LogP contribution is 2.24. The van der Waals surface area contributed by atoms with Crippen LogP contribution in [0.1, 0.15) is 20.3 Å². The molecule has 0 radical (unpaired) electrons. The first-order valence-corrected chi connectivity index (χ1v) is 8.52. The fourth-order valence-corrected chi connectivity index (χ4v) is 3.75.